The Hall–Kier alpha value is -1.49. The first-order valence-electron chi connectivity index (χ1n) is 5.61. The number of hydrogen-bond acceptors (Lipinski definition) is 3. The van der Waals surface area contributed by atoms with Gasteiger partial charge in [0.15, 0.2) is 0 Å². The molecule has 0 aromatic heterocycles. The second-order valence-electron chi connectivity index (χ2n) is 4.12. The van der Waals surface area contributed by atoms with Crippen molar-refractivity contribution in [3.05, 3.63) is 34.9 Å². The molecule has 1 aromatic rings. The molecule has 0 saturated heterocycles. The molecule has 2 N–H and O–H groups in total. The quantitative estimate of drug-likeness (QED) is 0.738. The molecule has 0 aliphatic heterocycles. The van der Waals surface area contributed by atoms with Crippen molar-refractivity contribution in [1.29, 1.82) is 0 Å². The fraction of sp³-hybridized carbons (Fsp3) is 0.385. The molecule has 1 unspecified atom stereocenters. The maximum atomic E-state index is 10.8. The van der Waals surface area contributed by atoms with Crippen molar-refractivity contribution in [3.63, 3.8) is 0 Å². The van der Waals surface area contributed by atoms with Crippen LogP contribution in [-0.2, 0) is 15.3 Å². The van der Waals surface area contributed by atoms with Crippen LogP contribution in [-0.4, -0.2) is 29.3 Å². The minimum absolute atomic E-state index is 0.363. The Balaban J connectivity index is 2.52. The van der Waals surface area contributed by atoms with Crippen molar-refractivity contribution in [2.45, 2.75) is 25.6 Å². The first-order valence-corrected chi connectivity index (χ1v) is 6.76. The maximum Gasteiger partial charge on any atom is 0.327 e. The Morgan fingerprint density at radius 3 is 2.83 bits per heavy atom. The highest BCUT2D eigenvalue weighted by Gasteiger charge is 2.15. The number of rotatable bonds is 7. The smallest absolute Gasteiger partial charge is 0.327 e. The molecule has 0 aliphatic rings. The highest BCUT2D eigenvalue weighted by Crippen LogP contribution is 2.18. The van der Waals surface area contributed by atoms with Crippen molar-refractivity contribution >= 4 is 24.1 Å². The largest absolute Gasteiger partial charge is 0.480 e. The average Bonchev–Trinajstić information content (AvgIpc) is 2.32. The number of aryl methyl sites for hydroxylation is 2. The normalized spacial score (nSPS) is 11.9. The predicted octanol–water partition coefficient (Wildman–Crippen LogP) is 1.74. The van der Waals surface area contributed by atoms with Crippen LogP contribution in [0.15, 0.2) is 18.2 Å². The standard InChI is InChI=1S/C13H17NO3S/c1-9-3-4-10(2)11(5-9)6-18-7-12(13(16)17)14-8-15/h3-5,8,12H,6-7H2,1-2H3,(H,14,15)(H,16,17). The van der Waals surface area contributed by atoms with Gasteiger partial charge < -0.3 is 10.4 Å². The lowest BCUT2D eigenvalue weighted by atomic mass is 10.1. The van der Waals surface area contributed by atoms with E-state index in [0.29, 0.717) is 12.2 Å². The van der Waals surface area contributed by atoms with E-state index in [1.807, 2.05) is 13.8 Å². The molecular weight excluding hydrogens is 250 g/mol. The fourth-order valence-electron chi connectivity index (χ4n) is 1.52. The van der Waals surface area contributed by atoms with Gasteiger partial charge in [-0.15, -0.1) is 0 Å². The van der Waals surface area contributed by atoms with E-state index in [2.05, 4.69) is 23.5 Å². The molecule has 0 spiro atoms. The number of amides is 1. The van der Waals surface area contributed by atoms with E-state index in [1.54, 1.807) is 0 Å². The number of thioether (sulfide) groups is 1. The zero-order chi connectivity index (χ0) is 13.5. The topological polar surface area (TPSA) is 66.4 Å². The number of hydrogen-bond donors (Lipinski definition) is 2. The molecule has 1 atom stereocenters. The van der Waals surface area contributed by atoms with E-state index >= 15 is 0 Å². The lowest BCUT2D eigenvalue weighted by Gasteiger charge is -2.11. The lowest BCUT2D eigenvalue weighted by Crippen LogP contribution is -2.37. The van der Waals surface area contributed by atoms with Gasteiger partial charge >= 0.3 is 5.97 Å². The molecule has 1 amide bonds. The summed E-state index contributed by atoms with van der Waals surface area (Å²) in [6, 6.07) is 5.39. The van der Waals surface area contributed by atoms with Crippen LogP contribution < -0.4 is 5.32 Å². The minimum atomic E-state index is -1.00. The summed E-state index contributed by atoms with van der Waals surface area (Å²) in [6.07, 6.45) is 0.428. The summed E-state index contributed by atoms with van der Waals surface area (Å²) in [5.41, 5.74) is 3.59. The zero-order valence-electron chi connectivity index (χ0n) is 10.5. The van der Waals surface area contributed by atoms with E-state index in [0.717, 1.165) is 5.75 Å². The summed E-state index contributed by atoms with van der Waals surface area (Å²) in [4.78, 5) is 21.1. The van der Waals surface area contributed by atoms with E-state index < -0.39 is 12.0 Å². The second kappa shape index (κ2) is 7.06. The second-order valence-corrected chi connectivity index (χ2v) is 5.15. The highest BCUT2D eigenvalue weighted by atomic mass is 32.2. The van der Waals surface area contributed by atoms with Gasteiger partial charge in [-0.2, -0.15) is 11.8 Å². The first-order chi connectivity index (χ1) is 8.54. The van der Waals surface area contributed by atoms with E-state index in [-0.39, 0.29) is 0 Å². The number of carboxylic acids is 1. The van der Waals surface area contributed by atoms with Crippen molar-refractivity contribution in [2.75, 3.05) is 5.75 Å². The SMILES string of the molecule is Cc1ccc(C)c(CSCC(NC=O)C(=O)O)c1. The Labute approximate surface area is 111 Å². The zero-order valence-corrected chi connectivity index (χ0v) is 11.3. The Morgan fingerprint density at radius 2 is 2.22 bits per heavy atom. The molecular formula is C13H17NO3S. The van der Waals surface area contributed by atoms with E-state index in [9.17, 15) is 9.59 Å². The van der Waals surface area contributed by atoms with Gasteiger partial charge in [-0.3, -0.25) is 4.79 Å². The van der Waals surface area contributed by atoms with Crippen LogP contribution in [0.3, 0.4) is 0 Å². The third-order valence-corrected chi connectivity index (χ3v) is 3.70. The van der Waals surface area contributed by atoms with Crippen LogP contribution in [0.25, 0.3) is 0 Å². The van der Waals surface area contributed by atoms with Crippen molar-refractivity contribution < 1.29 is 14.7 Å². The molecule has 1 aromatic carbocycles. The third-order valence-electron chi connectivity index (χ3n) is 2.61. The monoisotopic (exact) mass is 267 g/mol. The maximum absolute atomic E-state index is 10.8. The van der Waals surface area contributed by atoms with Crippen LogP contribution >= 0.6 is 11.8 Å². The molecule has 4 nitrogen and oxygen atoms in total. The van der Waals surface area contributed by atoms with Crippen molar-refractivity contribution in [1.82, 2.24) is 5.32 Å². The number of carbonyl (C=O) groups is 2. The molecule has 5 heteroatoms. The summed E-state index contributed by atoms with van der Waals surface area (Å²) < 4.78 is 0. The van der Waals surface area contributed by atoms with Gasteiger partial charge in [0, 0.05) is 11.5 Å². The number of carboxylic acid groups (broad SMARTS) is 1. The fourth-order valence-corrected chi connectivity index (χ4v) is 2.64. The van der Waals surface area contributed by atoms with Gasteiger partial charge in [0.1, 0.15) is 6.04 Å². The minimum Gasteiger partial charge on any atom is -0.480 e. The molecule has 0 bridgehead atoms. The van der Waals surface area contributed by atoms with Crippen LogP contribution in [0.4, 0.5) is 0 Å². The molecule has 0 fully saturated rings. The van der Waals surface area contributed by atoms with Gasteiger partial charge in [-0.05, 0) is 25.0 Å². The van der Waals surface area contributed by atoms with Gasteiger partial charge in [0.2, 0.25) is 6.41 Å². The predicted molar refractivity (Wildman–Crippen MR) is 72.7 cm³/mol. The molecule has 18 heavy (non-hydrogen) atoms. The third kappa shape index (κ3) is 4.41. The molecule has 98 valence electrons. The van der Waals surface area contributed by atoms with Crippen LogP contribution in [0.5, 0.6) is 0 Å². The lowest BCUT2D eigenvalue weighted by molar-refractivity contribution is -0.139. The van der Waals surface area contributed by atoms with Gasteiger partial charge in [-0.1, -0.05) is 23.8 Å². The molecule has 0 aliphatic carbocycles. The number of carbonyl (C=O) groups excluding carboxylic acids is 1. The molecule has 0 radical (unpaired) electrons. The molecule has 0 saturated carbocycles. The Bertz CT molecular complexity index is 434. The summed E-state index contributed by atoms with van der Waals surface area (Å²) in [5, 5.41) is 11.2. The average molecular weight is 267 g/mol. The Morgan fingerprint density at radius 1 is 1.50 bits per heavy atom. The summed E-state index contributed by atoms with van der Waals surface area (Å²) in [7, 11) is 0. The van der Waals surface area contributed by atoms with E-state index in [4.69, 9.17) is 5.11 Å². The summed E-state index contributed by atoms with van der Waals surface area (Å²) >= 11 is 1.50. The first kappa shape index (κ1) is 14.6. The summed E-state index contributed by atoms with van der Waals surface area (Å²) in [5.74, 6) is 0.106. The van der Waals surface area contributed by atoms with Crippen LogP contribution in [0, 0.1) is 13.8 Å². The van der Waals surface area contributed by atoms with Gasteiger partial charge in [-0.25, -0.2) is 4.79 Å². The van der Waals surface area contributed by atoms with Crippen molar-refractivity contribution in [2.24, 2.45) is 0 Å². The highest BCUT2D eigenvalue weighted by molar-refractivity contribution is 7.98. The van der Waals surface area contributed by atoms with Crippen molar-refractivity contribution in [3.8, 4) is 0 Å². The van der Waals surface area contributed by atoms with Gasteiger partial charge in [0.05, 0.1) is 0 Å². The van der Waals surface area contributed by atoms with Crippen LogP contribution in [0.2, 0.25) is 0 Å². The number of benzene rings is 1. The molecule has 0 heterocycles. The number of nitrogens with one attached hydrogen (secondary N) is 1. The Kier molecular flexibility index (Phi) is 5.71. The van der Waals surface area contributed by atoms with Crippen LogP contribution in [0.1, 0.15) is 16.7 Å². The summed E-state index contributed by atoms with van der Waals surface area (Å²) in [6.45, 7) is 4.06. The van der Waals surface area contributed by atoms with Gasteiger partial charge in [0.25, 0.3) is 0 Å². The van der Waals surface area contributed by atoms with E-state index in [1.165, 1.54) is 28.5 Å². The number of aliphatic carboxylic acids is 1. The molecule has 1 rings (SSSR count).